The summed E-state index contributed by atoms with van der Waals surface area (Å²) in [6.07, 6.45) is 1.58. The minimum absolute atomic E-state index is 0.0908. The van der Waals surface area contributed by atoms with E-state index in [0.717, 1.165) is 5.56 Å². The average molecular weight is 293 g/mol. The second-order valence-electron chi connectivity index (χ2n) is 4.87. The predicted octanol–water partition coefficient (Wildman–Crippen LogP) is 1.32. The Labute approximate surface area is 124 Å². The fourth-order valence-corrected chi connectivity index (χ4v) is 2.25. The van der Waals surface area contributed by atoms with Gasteiger partial charge in [-0.25, -0.2) is 0 Å². The van der Waals surface area contributed by atoms with Crippen LogP contribution in [-0.2, 0) is 6.54 Å². The fourth-order valence-electron chi connectivity index (χ4n) is 2.25. The largest absolute Gasteiger partial charge is 0.508 e. The maximum Gasteiger partial charge on any atom is 0.266 e. The van der Waals surface area contributed by atoms with Gasteiger partial charge >= 0.3 is 0 Å². The topological polar surface area (TPSA) is 98.9 Å². The lowest BCUT2D eigenvalue weighted by molar-refractivity contribution is 0.475. The van der Waals surface area contributed by atoms with Crippen LogP contribution in [0.2, 0.25) is 0 Å². The summed E-state index contributed by atoms with van der Waals surface area (Å²) in [6.45, 7) is 0.329. The SMILES string of the molecule is N#Cc1cc2c(=O)n(Cc3ccc(O)cc3)ccc2[nH]c1=O. The van der Waals surface area contributed by atoms with Crippen molar-refractivity contribution < 1.29 is 5.11 Å². The smallest absolute Gasteiger partial charge is 0.266 e. The van der Waals surface area contributed by atoms with E-state index in [0.29, 0.717) is 12.1 Å². The van der Waals surface area contributed by atoms with Crippen molar-refractivity contribution in [2.24, 2.45) is 0 Å². The highest BCUT2D eigenvalue weighted by Crippen LogP contribution is 2.11. The first-order valence-electron chi connectivity index (χ1n) is 6.53. The van der Waals surface area contributed by atoms with Crippen LogP contribution in [0.4, 0.5) is 0 Å². The van der Waals surface area contributed by atoms with Gasteiger partial charge < -0.3 is 14.7 Å². The monoisotopic (exact) mass is 293 g/mol. The number of hydrogen-bond donors (Lipinski definition) is 2. The summed E-state index contributed by atoms with van der Waals surface area (Å²) in [5, 5.41) is 18.5. The van der Waals surface area contributed by atoms with Crippen molar-refractivity contribution >= 4 is 10.9 Å². The third kappa shape index (κ3) is 2.36. The maximum absolute atomic E-state index is 12.5. The molecule has 0 unspecified atom stereocenters. The van der Waals surface area contributed by atoms with Crippen LogP contribution in [0.15, 0.2) is 52.2 Å². The molecule has 6 nitrogen and oxygen atoms in total. The first-order valence-corrected chi connectivity index (χ1v) is 6.53. The van der Waals surface area contributed by atoms with Gasteiger partial charge in [0.2, 0.25) is 0 Å². The quantitative estimate of drug-likeness (QED) is 0.744. The van der Waals surface area contributed by atoms with Crippen LogP contribution >= 0.6 is 0 Å². The number of phenolic OH excluding ortho intramolecular Hbond substituents is 1. The average Bonchev–Trinajstić information content (AvgIpc) is 2.52. The molecule has 0 amide bonds. The van der Waals surface area contributed by atoms with E-state index in [-0.39, 0.29) is 22.3 Å². The molecule has 3 aromatic rings. The number of rotatable bonds is 2. The number of H-pyrrole nitrogens is 1. The lowest BCUT2D eigenvalue weighted by Gasteiger charge is -2.07. The van der Waals surface area contributed by atoms with E-state index < -0.39 is 5.56 Å². The summed E-state index contributed by atoms with van der Waals surface area (Å²) in [7, 11) is 0. The lowest BCUT2D eigenvalue weighted by Crippen LogP contribution is -2.22. The molecule has 0 saturated heterocycles. The zero-order valence-electron chi connectivity index (χ0n) is 11.4. The van der Waals surface area contributed by atoms with Crippen molar-refractivity contribution in [1.82, 2.24) is 9.55 Å². The molecule has 0 atom stereocenters. The Hall–Kier alpha value is -3.33. The van der Waals surface area contributed by atoms with E-state index in [9.17, 15) is 14.7 Å². The summed E-state index contributed by atoms with van der Waals surface area (Å²) in [4.78, 5) is 26.6. The molecule has 0 bridgehead atoms. The Balaban J connectivity index is 2.12. The molecule has 2 N–H and O–H groups in total. The van der Waals surface area contributed by atoms with E-state index >= 15 is 0 Å². The molecule has 0 spiro atoms. The number of phenols is 1. The van der Waals surface area contributed by atoms with E-state index in [1.165, 1.54) is 10.6 Å². The number of nitrogens with zero attached hydrogens (tertiary/aromatic N) is 2. The molecular weight excluding hydrogens is 282 g/mol. The standard InChI is InChI=1S/C16H11N3O3/c17-8-11-7-13-14(18-15(11)21)5-6-19(16(13)22)9-10-1-3-12(20)4-2-10/h1-7,20H,9H2,(H,18,21). The molecule has 0 aliphatic carbocycles. The van der Waals surface area contributed by atoms with Gasteiger partial charge in [0, 0.05) is 6.20 Å². The number of aromatic hydroxyl groups is 1. The summed E-state index contributed by atoms with van der Waals surface area (Å²) < 4.78 is 1.48. The van der Waals surface area contributed by atoms with Gasteiger partial charge in [-0.2, -0.15) is 5.26 Å². The molecule has 3 rings (SSSR count). The van der Waals surface area contributed by atoms with Gasteiger partial charge in [-0.1, -0.05) is 12.1 Å². The number of fused-ring (bicyclic) bond motifs is 1. The van der Waals surface area contributed by atoms with Crippen molar-refractivity contribution in [2.45, 2.75) is 6.54 Å². The van der Waals surface area contributed by atoms with Crippen molar-refractivity contribution in [3.8, 4) is 11.8 Å². The lowest BCUT2D eigenvalue weighted by atomic mass is 10.2. The van der Waals surface area contributed by atoms with Gasteiger partial charge in [0.05, 0.1) is 17.4 Å². The summed E-state index contributed by atoms with van der Waals surface area (Å²) >= 11 is 0. The molecule has 2 heterocycles. The second-order valence-corrected chi connectivity index (χ2v) is 4.87. The number of nitriles is 1. The highest BCUT2D eigenvalue weighted by Gasteiger charge is 2.08. The molecule has 1 aromatic carbocycles. The zero-order valence-corrected chi connectivity index (χ0v) is 11.4. The highest BCUT2D eigenvalue weighted by molar-refractivity contribution is 5.78. The number of benzene rings is 1. The summed E-state index contributed by atoms with van der Waals surface area (Å²) in [5.74, 6) is 0.158. The van der Waals surface area contributed by atoms with Crippen molar-refractivity contribution in [1.29, 1.82) is 5.26 Å². The number of pyridine rings is 2. The first-order chi connectivity index (χ1) is 10.6. The predicted molar refractivity (Wildman–Crippen MR) is 80.8 cm³/mol. The normalized spacial score (nSPS) is 10.5. The molecule has 0 fully saturated rings. The molecule has 0 aliphatic heterocycles. The Morgan fingerprint density at radius 3 is 2.59 bits per heavy atom. The third-order valence-corrected chi connectivity index (χ3v) is 3.39. The van der Waals surface area contributed by atoms with Crippen LogP contribution < -0.4 is 11.1 Å². The molecular formula is C16H11N3O3. The van der Waals surface area contributed by atoms with Crippen LogP contribution in [0, 0.1) is 11.3 Å². The Morgan fingerprint density at radius 2 is 1.91 bits per heavy atom. The van der Waals surface area contributed by atoms with Crippen LogP contribution in [0.3, 0.4) is 0 Å². The van der Waals surface area contributed by atoms with Crippen molar-refractivity contribution in [2.75, 3.05) is 0 Å². The molecule has 6 heteroatoms. The molecule has 0 saturated carbocycles. The van der Waals surface area contributed by atoms with E-state index in [4.69, 9.17) is 5.26 Å². The van der Waals surface area contributed by atoms with Gasteiger partial charge in [0.15, 0.2) is 0 Å². The minimum atomic E-state index is -0.509. The number of aromatic nitrogens is 2. The van der Waals surface area contributed by atoms with E-state index in [2.05, 4.69) is 4.98 Å². The maximum atomic E-state index is 12.5. The number of hydrogen-bond acceptors (Lipinski definition) is 4. The Kier molecular flexibility index (Phi) is 3.24. The Bertz CT molecular complexity index is 1010. The van der Waals surface area contributed by atoms with Gasteiger partial charge in [-0.3, -0.25) is 9.59 Å². The third-order valence-electron chi connectivity index (χ3n) is 3.39. The highest BCUT2D eigenvalue weighted by atomic mass is 16.3. The van der Waals surface area contributed by atoms with Gasteiger partial charge in [0.1, 0.15) is 17.4 Å². The molecule has 22 heavy (non-hydrogen) atoms. The summed E-state index contributed by atoms with van der Waals surface area (Å²) in [6, 6.07) is 11.2. The number of aromatic amines is 1. The van der Waals surface area contributed by atoms with E-state index in [1.54, 1.807) is 42.6 Å². The van der Waals surface area contributed by atoms with Gasteiger partial charge in [-0.15, -0.1) is 0 Å². The van der Waals surface area contributed by atoms with Crippen LogP contribution in [-0.4, -0.2) is 14.7 Å². The number of nitrogens with one attached hydrogen (secondary N) is 1. The minimum Gasteiger partial charge on any atom is -0.508 e. The fraction of sp³-hybridized carbons (Fsp3) is 0.0625. The van der Waals surface area contributed by atoms with Crippen molar-refractivity contribution in [3.63, 3.8) is 0 Å². The first kappa shape index (κ1) is 13.6. The molecule has 108 valence electrons. The molecule has 0 aliphatic rings. The summed E-state index contributed by atoms with van der Waals surface area (Å²) in [5.41, 5.74) is 0.358. The van der Waals surface area contributed by atoms with Crippen LogP contribution in [0.1, 0.15) is 11.1 Å². The van der Waals surface area contributed by atoms with Gasteiger partial charge in [0.25, 0.3) is 11.1 Å². The van der Waals surface area contributed by atoms with Crippen LogP contribution in [0.5, 0.6) is 5.75 Å². The zero-order chi connectivity index (χ0) is 15.7. The second kappa shape index (κ2) is 5.22. The molecule has 2 aromatic heterocycles. The van der Waals surface area contributed by atoms with Crippen LogP contribution in [0.25, 0.3) is 10.9 Å². The van der Waals surface area contributed by atoms with Gasteiger partial charge in [-0.05, 0) is 29.8 Å². The Morgan fingerprint density at radius 1 is 1.18 bits per heavy atom. The molecule has 0 radical (unpaired) electrons. The van der Waals surface area contributed by atoms with Crippen molar-refractivity contribution in [3.05, 3.63) is 74.4 Å². The van der Waals surface area contributed by atoms with E-state index in [1.807, 2.05) is 0 Å².